The first kappa shape index (κ1) is 14.9. The topological polar surface area (TPSA) is 44.5 Å². The van der Waals surface area contributed by atoms with Crippen molar-refractivity contribution in [3.8, 4) is 11.5 Å². The molecule has 0 spiro atoms. The number of ether oxygens (including phenoxy) is 2. The molecule has 2 rings (SSSR count). The largest absolute Gasteiger partial charge is 0.493 e. The van der Waals surface area contributed by atoms with Crippen molar-refractivity contribution in [2.24, 2.45) is 5.73 Å². The van der Waals surface area contributed by atoms with E-state index in [2.05, 4.69) is 15.9 Å². The second-order valence-corrected chi connectivity index (χ2v) is 5.42. The molecule has 2 atom stereocenters. The second-order valence-electron chi connectivity index (χ2n) is 4.57. The van der Waals surface area contributed by atoms with Gasteiger partial charge in [-0.15, -0.1) is 0 Å². The SMILES string of the molecule is COc1ccccc1OC(c1ccccc1Br)C(C)N. The molecule has 20 heavy (non-hydrogen) atoms. The van der Waals surface area contributed by atoms with Crippen LogP contribution in [0, 0.1) is 0 Å². The summed E-state index contributed by atoms with van der Waals surface area (Å²) in [5.41, 5.74) is 7.11. The van der Waals surface area contributed by atoms with Crippen molar-refractivity contribution in [2.45, 2.75) is 19.1 Å². The van der Waals surface area contributed by atoms with E-state index >= 15 is 0 Å². The third-order valence-corrected chi connectivity index (χ3v) is 3.73. The van der Waals surface area contributed by atoms with Crippen LogP contribution in [-0.2, 0) is 0 Å². The summed E-state index contributed by atoms with van der Waals surface area (Å²) in [5, 5.41) is 0. The zero-order valence-electron chi connectivity index (χ0n) is 11.5. The molecular formula is C16H18BrNO2. The number of hydrogen-bond acceptors (Lipinski definition) is 3. The van der Waals surface area contributed by atoms with E-state index < -0.39 is 0 Å². The second kappa shape index (κ2) is 6.77. The van der Waals surface area contributed by atoms with Gasteiger partial charge in [-0.2, -0.15) is 0 Å². The number of para-hydroxylation sites is 2. The van der Waals surface area contributed by atoms with E-state index in [-0.39, 0.29) is 12.1 Å². The number of nitrogens with two attached hydrogens (primary N) is 1. The van der Waals surface area contributed by atoms with E-state index in [0.717, 1.165) is 10.0 Å². The highest BCUT2D eigenvalue weighted by molar-refractivity contribution is 9.10. The van der Waals surface area contributed by atoms with Crippen molar-refractivity contribution in [2.75, 3.05) is 7.11 Å². The Morgan fingerprint density at radius 1 is 1.00 bits per heavy atom. The van der Waals surface area contributed by atoms with E-state index in [9.17, 15) is 0 Å². The van der Waals surface area contributed by atoms with Crippen LogP contribution in [0.4, 0.5) is 0 Å². The Balaban J connectivity index is 2.34. The molecule has 0 aliphatic carbocycles. The van der Waals surface area contributed by atoms with Gasteiger partial charge in [0.1, 0.15) is 6.10 Å². The van der Waals surface area contributed by atoms with Gasteiger partial charge in [0, 0.05) is 16.1 Å². The smallest absolute Gasteiger partial charge is 0.162 e. The van der Waals surface area contributed by atoms with Crippen molar-refractivity contribution >= 4 is 15.9 Å². The third-order valence-electron chi connectivity index (χ3n) is 3.01. The van der Waals surface area contributed by atoms with E-state index in [1.54, 1.807) is 7.11 Å². The highest BCUT2D eigenvalue weighted by Crippen LogP contribution is 2.34. The molecule has 2 aromatic carbocycles. The third kappa shape index (κ3) is 3.32. The number of halogens is 1. The Hall–Kier alpha value is -1.52. The van der Waals surface area contributed by atoms with Gasteiger partial charge >= 0.3 is 0 Å². The number of rotatable bonds is 5. The molecule has 0 heterocycles. The highest BCUT2D eigenvalue weighted by Gasteiger charge is 2.21. The molecule has 0 saturated carbocycles. The van der Waals surface area contributed by atoms with E-state index in [1.807, 2.05) is 55.5 Å². The zero-order chi connectivity index (χ0) is 14.5. The van der Waals surface area contributed by atoms with Gasteiger partial charge in [0.15, 0.2) is 11.5 Å². The number of hydrogen-bond donors (Lipinski definition) is 1. The summed E-state index contributed by atoms with van der Waals surface area (Å²) in [6.07, 6.45) is -0.248. The molecule has 0 fully saturated rings. The summed E-state index contributed by atoms with van der Waals surface area (Å²) < 4.78 is 12.4. The van der Waals surface area contributed by atoms with Gasteiger partial charge in [0.05, 0.1) is 7.11 Å². The summed E-state index contributed by atoms with van der Waals surface area (Å²) in [5.74, 6) is 1.39. The molecule has 4 heteroatoms. The van der Waals surface area contributed by atoms with Crippen LogP contribution in [0.25, 0.3) is 0 Å². The van der Waals surface area contributed by atoms with Gasteiger partial charge < -0.3 is 15.2 Å². The monoisotopic (exact) mass is 335 g/mol. The van der Waals surface area contributed by atoms with Crippen LogP contribution in [-0.4, -0.2) is 13.2 Å². The average molecular weight is 336 g/mol. The molecule has 2 aromatic rings. The first-order valence-electron chi connectivity index (χ1n) is 6.43. The minimum Gasteiger partial charge on any atom is -0.493 e. The minimum atomic E-state index is -0.248. The molecule has 106 valence electrons. The Kier molecular flexibility index (Phi) is 5.04. The van der Waals surface area contributed by atoms with Crippen molar-refractivity contribution in [1.82, 2.24) is 0 Å². The van der Waals surface area contributed by atoms with Crippen LogP contribution in [0.1, 0.15) is 18.6 Å². The lowest BCUT2D eigenvalue weighted by Gasteiger charge is -2.24. The maximum atomic E-state index is 6.09. The van der Waals surface area contributed by atoms with Crippen LogP contribution in [0.15, 0.2) is 53.0 Å². The molecule has 0 saturated heterocycles. The molecule has 0 amide bonds. The Morgan fingerprint density at radius 3 is 2.20 bits per heavy atom. The minimum absolute atomic E-state index is 0.154. The fourth-order valence-electron chi connectivity index (χ4n) is 2.01. The standard InChI is InChI=1S/C16H18BrNO2/c1-11(18)16(12-7-3-4-8-13(12)17)20-15-10-6-5-9-14(15)19-2/h3-11,16H,18H2,1-2H3. The summed E-state index contributed by atoms with van der Waals surface area (Å²) in [6.45, 7) is 1.93. The Labute approximate surface area is 127 Å². The molecule has 0 aliphatic rings. The van der Waals surface area contributed by atoms with Crippen LogP contribution in [0.2, 0.25) is 0 Å². The van der Waals surface area contributed by atoms with E-state index in [1.165, 1.54) is 0 Å². The van der Waals surface area contributed by atoms with Gasteiger partial charge in [-0.3, -0.25) is 0 Å². The van der Waals surface area contributed by atoms with Gasteiger partial charge in [0.2, 0.25) is 0 Å². The average Bonchev–Trinajstić information content (AvgIpc) is 2.46. The summed E-state index contributed by atoms with van der Waals surface area (Å²) in [7, 11) is 1.63. The molecule has 3 nitrogen and oxygen atoms in total. The predicted octanol–water partition coefficient (Wildman–Crippen LogP) is 3.93. The van der Waals surface area contributed by atoms with Crippen molar-refractivity contribution in [1.29, 1.82) is 0 Å². The summed E-state index contributed by atoms with van der Waals surface area (Å²) >= 11 is 3.55. The lowest BCUT2D eigenvalue weighted by molar-refractivity contribution is 0.172. The van der Waals surface area contributed by atoms with Crippen LogP contribution in [0.5, 0.6) is 11.5 Å². The molecule has 2 unspecified atom stereocenters. The fourth-order valence-corrected chi connectivity index (χ4v) is 2.52. The van der Waals surface area contributed by atoms with Gasteiger partial charge in [0.25, 0.3) is 0 Å². The first-order chi connectivity index (χ1) is 9.63. The van der Waals surface area contributed by atoms with Crippen LogP contribution >= 0.6 is 15.9 Å². The molecule has 0 radical (unpaired) electrons. The summed E-state index contributed by atoms with van der Waals surface area (Å²) in [6, 6.07) is 15.3. The predicted molar refractivity (Wildman–Crippen MR) is 84.2 cm³/mol. The van der Waals surface area contributed by atoms with Crippen molar-refractivity contribution < 1.29 is 9.47 Å². The van der Waals surface area contributed by atoms with Crippen LogP contribution in [0.3, 0.4) is 0 Å². The number of benzene rings is 2. The van der Waals surface area contributed by atoms with E-state index in [0.29, 0.717) is 11.5 Å². The van der Waals surface area contributed by atoms with Crippen molar-refractivity contribution in [3.63, 3.8) is 0 Å². The molecule has 2 N–H and O–H groups in total. The van der Waals surface area contributed by atoms with Gasteiger partial charge in [-0.05, 0) is 25.1 Å². The fraction of sp³-hybridized carbons (Fsp3) is 0.250. The maximum Gasteiger partial charge on any atom is 0.162 e. The molecular weight excluding hydrogens is 318 g/mol. The van der Waals surface area contributed by atoms with Gasteiger partial charge in [-0.25, -0.2) is 0 Å². The maximum absolute atomic E-state index is 6.09. The lowest BCUT2D eigenvalue weighted by atomic mass is 10.0. The van der Waals surface area contributed by atoms with Crippen molar-refractivity contribution in [3.05, 3.63) is 58.6 Å². The Bertz CT molecular complexity index is 572. The zero-order valence-corrected chi connectivity index (χ0v) is 13.1. The molecule has 0 aliphatic heterocycles. The van der Waals surface area contributed by atoms with Crippen LogP contribution < -0.4 is 15.2 Å². The lowest BCUT2D eigenvalue weighted by Crippen LogP contribution is -2.29. The molecule has 0 bridgehead atoms. The molecule has 0 aromatic heterocycles. The van der Waals surface area contributed by atoms with Gasteiger partial charge in [-0.1, -0.05) is 46.3 Å². The Morgan fingerprint density at radius 2 is 1.60 bits per heavy atom. The first-order valence-corrected chi connectivity index (χ1v) is 7.22. The quantitative estimate of drug-likeness (QED) is 0.900. The highest BCUT2D eigenvalue weighted by atomic mass is 79.9. The summed E-state index contributed by atoms with van der Waals surface area (Å²) in [4.78, 5) is 0. The normalized spacial score (nSPS) is 13.6. The number of methoxy groups -OCH3 is 1. The van der Waals surface area contributed by atoms with E-state index in [4.69, 9.17) is 15.2 Å².